The van der Waals surface area contributed by atoms with Crippen LogP contribution in [0.1, 0.15) is 16.9 Å². The summed E-state index contributed by atoms with van der Waals surface area (Å²) in [6.07, 6.45) is 3.23. The number of hydrogen-bond acceptors (Lipinski definition) is 6. The van der Waals surface area contributed by atoms with Crippen molar-refractivity contribution in [2.75, 3.05) is 18.6 Å². The second kappa shape index (κ2) is 7.01. The molecular formula is C15H14N4O2. The van der Waals surface area contributed by atoms with Gasteiger partial charge in [0.25, 0.3) is 0 Å². The molecule has 2 rings (SSSR count). The number of para-hydroxylation sites is 1. The van der Waals surface area contributed by atoms with Gasteiger partial charge in [0, 0.05) is 12.2 Å². The van der Waals surface area contributed by atoms with Crippen LogP contribution >= 0.6 is 0 Å². The number of esters is 1. The molecule has 0 atom stereocenters. The fraction of sp³-hybridized carbons (Fsp3) is 0.200. The first-order chi connectivity index (χ1) is 10.3. The summed E-state index contributed by atoms with van der Waals surface area (Å²) in [4.78, 5) is 21.7. The third kappa shape index (κ3) is 3.54. The van der Waals surface area contributed by atoms with Crippen molar-refractivity contribution >= 4 is 17.5 Å². The van der Waals surface area contributed by atoms with Crippen LogP contribution in [0.5, 0.6) is 0 Å². The molecule has 0 saturated heterocycles. The quantitative estimate of drug-likeness (QED) is 0.783. The van der Waals surface area contributed by atoms with E-state index >= 15 is 0 Å². The molecule has 6 heteroatoms. The zero-order chi connectivity index (χ0) is 15.1. The van der Waals surface area contributed by atoms with Crippen LogP contribution in [0.4, 0.5) is 11.5 Å². The van der Waals surface area contributed by atoms with E-state index in [1.54, 1.807) is 6.20 Å². The topological polar surface area (TPSA) is 79.1 Å². The number of carbonyl (C=O) groups excluding carboxylic acids is 1. The normalized spacial score (nSPS) is 9.71. The van der Waals surface area contributed by atoms with Crippen LogP contribution < -0.4 is 4.90 Å². The number of hydrogen-bond donors (Lipinski definition) is 0. The molecule has 0 saturated carbocycles. The molecule has 0 N–H and O–H groups in total. The number of benzene rings is 1. The predicted octanol–water partition coefficient (Wildman–Crippen LogP) is 2.31. The average Bonchev–Trinajstić information content (AvgIpc) is 2.56. The van der Waals surface area contributed by atoms with Gasteiger partial charge in [-0.2, -0.15) is 5.26 Å². The van der Waals surface area contributed by atoms with Gasteiger partial charge in [0.1, 0.15) is 0 Å². The van der Waals surface area contributed by atoms with E-state index in [4.69, 9.17) is 5.26 Å². The van der Waals surface area contributed by atoms with Crippen LogP contribution in [0, 0.1) is 11.3 Å². The van der Waals surface area contributed by atoms with Crippen molar-refractivity contribution in [2.24, 2.45) is 0 Å². The SMILES string of the molecule is COC(=O)c1cncc(N(CCC#N)c2ccccc2)n1. The van der Waals surface area contributed by atoms with E-state index in [9.17, 15) is 4.79 Å². The van der Waals surface area contributed by atoms with E-state index in [1.165, 1.54) is 13.3 Å². The van der Waals surface area contributed by atoms with E-state index in [2.05, 4.69) is 20.8 Å². The summed E-state index contributed by atoms with van der Waals surface area (Å²) in [5.74, 6) is -0.0444. The van der Waals surface area contributed by atoms with Crippen LogP contribution in [0.15, 0.2) is 42.7 Å². The van der Waals surface area contributed by atoms with Crippen molar-refractivity contribution in [1.29, 1.82) is 5.26 Å². The lowest BCUT2D eigenvalue weighted by Gasteiger charge is -2.22. The molecule has 0 aliphatic carbocycles. The second-order valence-electron chi connectivity index (χ2n) is 4.15. The Labute approximate surface area is 122 Å². The van der Waals surface area contributed by atoms with Gasteiger partial charge >= 0.3 is 5.97 Å². The van der Waals surface area contributed by atoms with Gasteiger partial charge in [-0.1, -0.05) is 18.2 Å². The monoisotopic (exact) mass is 282 g/mol. The third-order valence-corrected chi connectivity index (χ3v) is 2.81. The molecule has 21 heavy (non-hydrogen) atoms. The van der Waals surface area contributed by atoms with Gasteiger partial charge in [-0.05, 0) is 12.1 Å². The van der Waals surface area contributed by atoms with Crippen LogP contribution in [-0.4, -0.2) is 29.6 Å². The molecule has 0 amide bonds. The van der Waals surface area contributed by atoms with Crippen LogP contribution in [-0.2, 0) is 4.74 Å². The molecule has 0 spiro atoms. The Kier molecular flexibility index (Phi) is 4.83. The molecule has 0 aliphatic rings. The highest BCUT2D eigenvalue weighted by atomic mass is 16.5. The van der Waals surface area contributed by atoms with Crippen molar-refractivity contribution in [3.8, 4) is 6.07 Å². The van der Waals surface area contributed by atoms with Crippen molar-refractivity contribution < 1.29 is 9.53 Å². The van der Waals surface area contributed by atoms with Crippen molar-refractivity contribution in [1.82, 2.24) is 9.97 Å². The van der Waals surface area contributed by atoms with Crippen molar-refractivity contribution in [3.05, 3.63) is 48.4 Å². The number of nitrogens with zero attached hydrogens (tertiary/aromatic N) is 4. The summed E-state index contributed by atoms with van der Waals surface area (Å²) in [6.45, 7) is 0.458. The molecule has 1 aromatic carbocycles. The van der Waals surface area contributed by atoms with Gasteiger partial charge in [-0.25, -0.2) is 9.78 Å². The molecule has 0 unspecified atom stereocenters. The highest BCUT2D eigenvalue weighted by Gasteiger charge is 2.14. The molecule has 6 nitrogen and oxygen atoms in total. The first-order valence-electron chi connectivity index (χ1n) is 6.36. The Morgan fingerprint density at radius 3 is 2.76 bits per heavy atom. The maximum atomic E-state index is 11.5. The summed E-state index contributed by atoms with van der Waals surface area (Å²) in [7, 11) is 1.29. The fourth-order valence-corrected chi connectivity index (χ4v) is 1.83. The molecule has 1 aromatic heterocycles. The second-order valence-corrected chi connectivity index (χ2v) is 4.15. The van der Waals surface area contributed by atoms with E-state index < -0.39 is 5.97 Å². The lowest BCUT2D eigenvalue weighted by molar-refractivity contribution is 0.0593. The Morgan fingerprint density at radius 1 is 1.33 bits per heavy atom. The molecule has 0 aliphatic heterocycles. The molecular weight excluding hydrogens is 268 g/mol. The zero-order valence-electron chi connectivity index (χ0n) is 11.6. The summed E-state index contributed by atoms with van der Waals surface area (Å²) >= 11 is 0. The first-order valence-corrected chi connectivity index (χ1v) is 6.36. The molecule has 0 radical (unpaired) electrons. The maximum absolute atomic E-state index is 11.5. The fourth-order valence-electron chi connectivity index (χ4n) is 1.83. The zero-order valence-corrected chi connectivity index (χ0v) is 11.6. The predicted molar refractivity (Wildman–Crippen MR) is 77.0 cm³/mol. The van der Waals surface area contributed by atoms with Gasteiger partial charge in [-0.15, -0.1) is 0 Å². The molecule has 106 valence electrons. The van der Waals surface area contributed by atoms with E-state index in [-0.39, 0.29) is 5.69 Å². The smallest absolute Gasteiger partial charge is 0.358 e. The van der Waals surface area contributed by atoms with Crippen LogP contribution in [0.3, 0.4) is 0 Å². The minimum atomic E-state index is -0.544. The lowest BCUT2D eigenvalue weighted by Crippen LogP contribution is -2.20. The Bertz CT molecular complexity index is 652. The van der Waals surface area contributed by atoms with Gasteiger partial charge in [0.2, 0.25) is 0 Å². The lowest BCUT2D eigenvalue weighted by atomic mass is 10.2. The van der Waals surface area contributed by atoms with Crippen molar-refractivity contribution in [2.45, 2.75) is 6.42 Å². The molecule has 0 fully saturated rings. The van der Waals surface area contributed by atoms with Crippen LogP contribution in [0.25, 0.3) is 0 Å². The Morgan fingerprint density at radius 2 is 2.10 bits per heavy atom. The summed E-state index contributed by atoms with van der Waals surface area (Å²) in [5.41, 5.74) is 1.01. The molecule has 0 bridgehead atoms. The highest BCUT2D eigenvalue weighted by molar-refractivity contribution is 5.87. The number of nitriles is 1. The number of carbonyl (C=O) groups is 1. The number of methoxy groups -OCH3 is 1. The minimum Gasteiger partial charge on any atom is -0.464 e. The van der Waals surface area contributed by atoms with Crippen LogP contribution in [0.2, 0.25) is 0 Å². The van der Waals surface area contributed by atoms with Crippen molar-refractivity contribution in [3.63, 3.8) is 0 Å². The van der Waals surface area contributed by atoms with E-state index in [0.717, 1.165) is 5.69 Å². The maximum Gasteiger partial charge on any atom is 0.358 e. The highest BCUT2D eigenvalue weighted by Crippen LogP contribution is 2.23. The van der Waals surface area contributed by atoms with Gasteiger partial charge < -0.3 is 9.64 Å². The number of aromatic nitrogens is 2. The molecule has 2 aromatic rings. The first kappa shape index (κ1) is 14.5. The summed E-state index contributed by atoms with van der Waals surface area (Å²) in [5, 5.41) is 8.80. The van der Waals surface area contributed by atoms with E-state index in [0.29, 0.717) is 18.8 Å². The summed E-state index contributed by atoms with van der Waals surface area (Å²) < 4.78 is 4.65. The Balaban J connectivity index is 2.37. The largest absolute Gasteiger partial charge is 0.464 e. The van der Waals surface area contributed by atoms with Gasteiger partial charge in [-0.3, -0.25) is 4.98 Å². The van der Waals surface area contributed by atoms with E-state index in [1.807, 2.05) is 35.2 Å². The number of anilines is 2. The molecule has 1 heterocycles. The third-order valence-electron chi connectivity index (χ3n) is 2.81. The standard InChI is InChI=1S/C15H14N4O2/c1-21-15(20)13-10-17-11-14(18-13)19(9-5-8-16)12-6-3-2-4-7-12/h2-4,6-7,10-11H,5,9H2,1H3. The Hall–Kier alpha value is -2.94. The summed E-state index contributed by atoms with van der Waals surface area (Å²) in [6, 6.07) is 11.6. The van der Waals surface area contributed by atoms with Gasteiger partial charge in [0.05, 0.1) is 32.0 Å². The number of rotatable bonds is 5. The average molecular weight is 282 g/mol. The van der Waals surface area contributed by atoms with Gasteiger partial charge in [0.15, 0.2) is 11.5 Å². The minimum absolute atomic E-state index is 0.132. The number of ether oxygens (including phenoxy) is 1.